The number of aromatic nitrogens is 1. The van der Waals surface area contributed by atoms with Crippen LogP contribution in [-0.2, 0) is 4.74 Å². The molecule has 0 bridgehead atoms. The molecule has 5 heteroatoms. The molecule has 2 aromatic rings. The van der Waals surface area contributed by atoms with Gasteiger partial charge in [0.15, 0.2) is 0 Å². The minimum Gasteiger partial charge on any atom is -0.489 e. The molecule has 0 N–H and O–H groups in total. The summed E-state index contributed by atoms with van der Waals surface area (Å²) in [7, 11) is 0. The van der Waals surface area contributed by atoms with Crippen molar-refractivity contribution in [1.82, 2.24) is 4.57 Å². The van der Waals surface area contributed by atoms with Gasteiger partial charge in [0.2, 0.25) is 0 Å². The van der Waals surface area contributed by atoms with E-state index in [9.17, 15) is 4.79 Å². The van der Waals surface area contributed by atoms with Gasteiger partial charge in [0.1, 0.15) is 5.75 Å². The monoisotopic (exact) mass is 309 g/mol. The highest BCUT2D eigenvalue weighted by molar-refractivity contribution is 6.37. The average molecular weight is 310 g/mol. The third kappa shape index (κ3) is 3.16. The van der Waals surface area contributed by atoms with Gasteiger partial charge in [-0.3, -0.25) is 0 Å². The van der Waals surface area contributed by atoms with Crippen LogP contribution >= 0.6 is 11.6 Å². The number of hydrogen-bond acceptors (Lipinski definition) is 3. The van der Waals surface area contributed by atoms with Gasteiger partial charge in [-0.05, 0) is 45.4 Å². The van der Waals surface area contributed by atoms with Crippen molar-refractivity contribution in [2.75, 3.05) is 6.61 Å². The van der Waals surface area contributed by atoms with Crippen molar-refractivity contribution in [3.8, 4) is 5.75 Å². The maximum atomic E-state index is 12.1. The zero-order chi connectivity index (χ0) is 15.6. The van der Waals surface area contributed by atoms with E-state index in [0.29, 0.717) is 17.4 Å². The van der Waals surface area contributed by atoms with Gasteiger partial charge in [-0.1, -0.05) is 18.5 Å². The van der Waals surface area contributed by atoms with E-state index in [2.05, 4.69) is 0 Å². The van der Waals surface area contributed by atoms with Gasteiger partial charge in [0.25, 0.3) is 0 Å². The molecule has 2 rings (SSSR count). The number of nitrogens with zero attached hydrogens (tertiary/aromatic N) is 1. The number of rotatable bonds is 4. The Hall–Kier alpha value is -1.68. The van der Waals surface area contributed by atoms with Crippen LogP contribution in [0, 0.1) is 6.92 Å². The van der Waals surface area contributed by atoms with Crippen LogP contribution in [0.3, 0.4) is 0 Å². The Kier molecular flexibility index (Phi) is 4.78. The summed E-state index contributed by atoms with van der Waals surface area (Å²) >= 11 is 6.39. The van der Waals surface area contributed by atoms with Crippen LogP contribution < -0.4 is 4.74 Å². The molecular formula is C16H20ClNO3. The summed E-state index contributed by atoms with van der Waals surface area (Å²) in [6.45, 7) is 8.10. The van der Waals surface area contributed by atoms with Gasteiger partial charge in [-0.15, -0.1) is 0 Å². The lowest BCUT2D eigenvalue weighted by Gasteiger charge is -2.12. The van der Waals surface area contributed by atoms with Crippen LogP contribution in [0.2, 0.25) is 5.02 Å². The second-order valence-corrected chi connectivity index (χ2v) is 5.59. The SMILES string of the molecule is CCCOC(=O)n1c(C)cc2c(Cl)c(OC(C)C)ccc21. The number of fused-ring (bicyclic) bond motifs is 1. The number of carbonyl (C=O) groups excluding carboxylic acids is 1. The second kappa shape index (κ2) is 6.39. The lowest BCUT2D eigenvalue weighted by molar-refractivity contribution is 0.148. The van der Waals surface area contributed by atoms with E-state index in [1.807, 2.05) is 39.8 Å². The van der Waals surface area contributed by atoms with Crippen molar-refractivity contribution in [3.05, 3.63) is 28.9 Å². The Morgan fingerprint density at radius 1 is 1.38 bits per heavy atom. The van der Waals surface area contributed by atoms with Crippen LogP contribution in [-0.4, -0.2) is 23.4 Å². The van der Waals surface area contributed by atoms with Crippen molar-refractivity contribution >= 4 is 28.6 Å². The fourth-order valence-corrected chi connectivity index (χ4v) is 2.46. The minimum absolute atomic E-state index is 0.0395. The van der Waals surface area contributed by atoms with Crippen molar-refractivity contribution in [3.63, 3.8) is 0 Å². The highest BCUT2D eigenvalue weighted by Crippen LogP contribution is 2.35. The van der Waals surface area contributed by atoms with Gasteiger partial charge < -0.3 is 9.47 Å². The van der Waals surface area contributed by atoms with Crippen LogP contribution in [0.25, 0.3) is 10.9 Å². The first-order valence-electron chi connectivity index (χ1n) is 7.10. The molecule has 0 radical (unpaired) electrons. The molecule has 1 heterocycles. The molecule has 4 nitrogen and oxygen atoms in total. The highest BCUT2D eigenvalue weighted by Gasteiger charge is 2.18. The van der Waals surface area contributed by atoms with E-state index in [0.717, 1.165) is 23.0 Å². The van der Waals surface area contributed by atoms with Gasteiger partial charge in [0, 0.05) is 11.1 Å². The highest BCUT2D eigenvalue weighted by atomic mass is 35.5. The number of benzene rings is 1. The predicted molar refractivity (Wildman–Crippen MR) is 84.5 cm³/mol. The fraction of sp³-hybridized carbons (Fsp3) is 0.438. The summed E-state index contributed by atoms with van der Waals surface area (Å²) in [6.07, 6.45) is 0.451. The van der Waals surface area contributed by atoms with Gasteiger partial charge in [-0.25, -0.2) is 9.36 Å². The predicted octanol–water partition coefficient (Wildman–Crippen LogP) is 4.79. The van der Waals surface area contributed by atoms with Crippen LogP contribution in [0.15, 0.2) is 18.2 Å². The number of ether oxygens (including phenoxy) is 2. The minimum atomic E-state index is -0.377. The topological polar surface area (TPSA) is 40.5 Å². The third-order valence-electron chi connectivity index (χ3n) is 3.04. The maximum absolute atomic E-state index is 12.1. The molecule has 21 heavy (non-hydrogen) atoms. The summed E-state index contributed by atoms with van der Waals surface area (Å²) in [6, 6.07) is 5.49. The van der Waals surface area contributed by atoms with E-state index in [1.54, 1.807) is 6.07 Å². The molecule has 0 fully saturated rings. The number of halogens is 1. The number of carbonyl (C=O) groups is 1. The van der Waals surface area contributed by atoms with E-state index < -0.39 is 0 Å². The Morgan fingerprint density at radius 3 is 2.71 bits per heavy atom. The Labute approximate surface area is 129 Å². The summed E-state index contributed by atoms with van der Waals surface area (Å²) in [5.41, 5.74) is 1.52. The van der Waals surface area contributed by atoms with E-state index in [4.69, 9.17) is 21.1 Å². The number of hydrogen-bond donors (Lipinski definition) is 0. The largest absolute Gasteiger partial charge is 0.489 e. The first-order chi connectivity index (χ1) is 9.95. The van der Waals surface area contributed by atoms with E-state index in [1.165, 1.54) is 4.57 Å². The lowest BCUT2D eigenvalue weighted by Crippen LogP contribution is -2.15. The summed E-state index contributed by atoms with van der Waals surface area (Å²) < 4.78 is 12.4. The fourth-order valence-electron chi connectivity index (χ4n) is 2.20. The van der Waals surface area contributed by atoms with Gasteiger partial charge in [0.05, 0.1) is 23.3 Å². The molecule has 0 aliphatic heterocycles. The first-order valence-corrected chi connectivity index (χ1v) is 7.47. The standard InChI is InChI=1S/C16H20ClNO3/c1-5-8-20-16(19)18-11(4)9-12-13(18)6-7-14(15(12)17)21-10(2)3/h6-7,9-10H,5,8H2,1-4H3. The molecule has 0 saturated heterocycles. The molecular weight excluding hydrogens is 290 g/mol. The van der Waals surface area contributed by atoms with Crippen molar-refractivity contribution in [2.24, 2.45) is 0 Å². The maximum Gasteiger partial charge on any atom is 0.418 e. The average Bonchev–Trinajstić information content (AvgIpc) is 2.76. The van der Waals surface area contributed by atoms with Crippen LogP contribution in [0.5, 0.6) is 5.75 Å². The van der Waals surface area contributed by atoms with Crippen LogP contribution in [0.4, 0.5) is 4.79 Å². The normalized spacial score (nSPS) is 11.1. The van der Waals surface area contributed by atoms with Crippen LogP contribution in [0.1, 0.15) is 32.9 Å². The molecule has 1 aromatic heterocycles. The van der Waals surface area contributed by atoms with Gasteiger partial charge >= 0.3 is 6.09 Å². The molecule has 0 saturated carbocycles. The summed E-state index contributed by atoms with van der Waals surface area (Å²) in [5, 5.41) is 1.31. The quantitative estimate of drug-likeness (QED) is 0.815. The Bertz CT molecular complexity index is 661. The molecule has 0 aliphatic carbocycles. The molecule has 0 spiro atoms. The summed E-state index contributed by atoms with van der Waals surface area (Å²) in [4.78, 5) is 12.1. The van der Waals surface area contributed by atoms with Gasteiger partial charge in [-0.2, -0.15) is 0 Å². The second-order valence-electron chi connectivity index (χ2n) is 5.21. The summed E-state index contributed by atoms with van der Waals surface area (Å²) in [5.74, 6) is 0.623. The number of aryl methyl sites for hydroxylation is 1. The molecule has 0 unspecified atom stereocenters. The molecule has 1 aromatic carbocycles. The van der Waals surface area contributed by atoms with Crippen molar-refractivity contribution in [2.45, 2.75) is 40.2 Å². The molecule has 0 atom stereocenters. The first kappa shape index (κ1) is 15.7. The molecule has 0 aliphatic rings. The molecule has 0 amide bonds. The Morgan fingerprint density at radius 2 is 2.10 bits per heavy atom. The van der Waals surface area contributed by atoms with Crippen molar-refractivity contribution in [1.29, 1.82) is 0 Å². The zero-order valence-corrected chi connectivity index (χ0v) is 13.5. The Balaban J connectivity index is 2.48. The van der Waals surface area contributed by atoms with E-state index in [-0.39, 0.29) is 12.2 Å². The van der Waals surface area contributed by atoms with Crippen molar-refractivity contribution < 1.29 is 14.3 Å². The lowest BCUT2D eigenvalue weighted by atomic mass is 10.2. The zero-order valence-electron chi connectivity index (χ0n) is 12.8. The third-order valence-corrected chi connectivity index (χ3v) is 3.43. The van der Waals surface area contributed by atoms with E-state index >= 15 is 0 Å². The smallest absolute Gasteiger partial charge is 0.418 e. The molecule has 114 valence electrons.